The summed E-state index contributed by atoms with van der Waals surface area (Å²) in [7, 11) is 0. The minimum atomic E-state index is -0.843. The number of nitrogens with zero attached hydrogens (tertiary/aromatic N) is 1. The van der Waals surface area contributed by atoms with E-state index in [9.17, 15) is 28.5 Å². The second-order valence-electron chi connectivity index (χ2n) is 5.34. The van der Waals surface area contributed by atoms with Crippen LogP contribution >= 0.6 is 11.3 Å². The molecule has 7 nitrogen and oxygen atoms in total. The predicted molar refractivity (Wildman–Crippen MR) is 93.7 cm³/mol. The van der Waals surface area contributed by atoms with E-state index in [1.165, 1.54) is 24.3 Å². The van der Waals surface area contributed by atoms with Gasteiger partial charge in [0.15, 0.2) is 6.61 Å². The molecular formula is C17H10F2N2O5S. The number of nitro groups is 1. The van der Waals surface area contributed by atoms with E-state index < -0.39 is 35.0 Å². The number of benzene rings is 2. The average Bonchev–Trinajstić information content (AvgIpc) is 3.06. The molecule has 1 heterocycles. The van der Waals surface area contributed by atoms with E-state index >= 15 is 0 Å². The van der Waals surface area contributed by atoms with Gasteiger partial charge in [0.2, 0.25) is 0 Å². The van der Waals surface area contributed by atoms with Crippen LogP contribution in [0.5, 0.6) is 0 Å². The van der Waals surface area contributed by atoms with Gasteiger partial charge in [-0.05, 0) is 24.3 Å². The Hall–Kier alpha value is -3.40. The van der Waals surface area contributed by atoms with Crippen LogP contribution in [0.1, 0.15) is 9.67 Å². The van der Waals surface area contributed by atoms with E-state index in [-0.39, 0.29) is 16.3 Å². The number of non-ortho nitro benzene ring substituents is 1. The summed E-state index contributed by atoms with van der Waals surface area (Å²) in [6.45, 7) is -0.705. The number of nitrogens with one attached hydrogen (secondary N) is 1. The molecular weight excluding hydrogens is 382 g/mol. The monoisotopic (exact) mass is 392 g/mol. The number of anilines is 1. The third-order valence-electron chi connectivity index (χ3n) is 3.45. The van der Waals surface area contributed by atoms with Crippen LogP contribution in [0.2, 0.25) is 0 Å². The molecule has 3 aromatic rings. The minimum Gasteiger partial charge on any atom is -0.451 e. The highest BCUT2D eigenvalue weighted by Crippen LogP contribution is 2.29. The fourth-order valence-electron chi connectivity index (χ4n) is 2.23. The van der Waals surface area contributed by atoms with Crippen molar-refractivity contribution in [1.82, 2.24) is 0 Å². The van der Waals surface area contributed by atoms with Crippen molar-refractivity contribution in [3.05, 3.63) is 69.1 Å². The van der Waals surface area contributed by atoms with Crippen LogP contribution in [-0.4, -0.2) is 23.4 Å². The van der Waals surface area contributed by atoms with Crippen molar-refractivity contribution >= 4 is 44.7 Å². The van der Waals surface area contributed by atoms with Crippen LogP contribution in [0, 0.1) is 21.7 Å². The lowest BCUT2D eigenvalue weighted by Crippen LogP contribution is -2.21. The van der Waals surface area contributed by atoms with Gasteiger partial charge >= 0.3 is 5.97 Å². The van der Waals surface area contributed by atoms with Crippen LogP contribution in [0.15, 0.2) is 42.5 Å². The zero-order valence-corrected chi connectivity index (χ0v) is 14.2. The van der Waals surface area contributed by atoms with Gasteiger partial charge in [0, 0.05) is 28.3 Å². The van der Waals surface area contributed by atoms with Crippen molar-refractivity contribution in [3.63, 3.8) is 0 Å². The molecule has 0 spiro atoms. The molecule has 0 aliphatic heterocycles. The van der Waals surface area contributed by atoms with E-state index in [2.05, 4.69) is 5.32 Å². The van der Waals surface area contributed by atoms with Crippen molar-refractivity contribution in [2.24, 2.45) is 0 Å². The molecule has 0 aliphatic rings. The molecule has 2 aromatic carbocycles. The first-order chi connectivity index (χ1) is 12.8. The second-order valence-corrected chi connectivity index (χ2v) is 6.42. The molecule has 0 aliphatic carbocycles. The molecule has 27 heavy (non-hydrogen) atoms. The molecule has 0 saturated carbocycles. The van der Waals surface area contributed by atoms with Gasteiger partial charge in [-0.1, -0.05) is 0 Å². The zero-order valence-electron chi connectivity index (χ0n) is 13.4. The molecule has 3 rings (SSSR count). The molecule has 10 heteroatoms. The predicted octanol–water partition coefficient (Wildman–Crippen LogP) is 3.88. The molecule has 0 fully saturated rings. The molecule has 1 aromatic heterocycles. The van der Waals surface area contributed by atoms with Gasteiger partial charge in [0.25, 0.3) is 11.6 Å². The van der Waals surface area contributed by atoms with E-state index in [1.807, 2.05) is 0 Å². The summed E-state index contributed by atoms with van der Waals surface area (Å²) >= 11 is 1.05. The number of hydrogen-bond donors (Lipinski definition) is 1. The Kier molecular flexibility index (Phi) is 5.08. The first kappa shape index (κ1) is 18.4. The Morgan fingerprint density at radius 3 is 2.67 bits per heavy atom. The third-order valence-corrected chi connectivity index (χ3v) is 4.54. The lowest BCUT2D eigenvalue weighted by atomic mass is 10.2. The van der Waals surface area contributed by atoms with Crippen molar-refractivity contribution in [2.75, 3.05) is 11.9 Å². The number of carbonyl (C=O) groups is 2. The highest BCUT2D eigenvalue weighted by molar-refractivity contribution is 7.20. The summed E-state index contributed by atoms with van der Waals surface area (Å²) in [5.41, 5.74) is -0.484. The van der Waals surface area contributed by atoms with Gasteiger partial charge in [-0.3, -0.25) is 14.9 Å². The number of ether oxygens (including phenoxy) is 1. The molecule has 0 radical (unpaired) electrons. The lowest BCUT2D eigenvalue weighted by molar-refractivity contribution is -0.384. The van der Waals surface area contributed by atoms with Crippen LogP contribution < -0.4 is 5.32 Å². The van der Waals surface area contributed by atoms with Crippen LogP contribution in [0.25, 0.3) is 10.1 Å². The first-order valence-electron chi connectivity index (χ1n) is 7.43. The van der Waals surface area contributed by atoms with E-state index in [0.29, 0.717) is 10.1 Å². The highest BCUT2D eigenvalue weighted by atomic mass is 32.1. The first-order valence-corrected chi connectivity index (χ1v) is 8.25. The van der Waals surface area contributed by atoms with E-state index in [1.54, 1.807) is 0 Å². The van der Waals surface area contributed by atoms with Crippen molar-refractivity contribution in [3.8, 4) is 0 Å². The second kappa shape index (κ2) is 7.46. The van der Waals surface area contributed by atoms with Gasteiger partial charge in [0.05, 0.1) is 10.6 Å². The van der Waals surface area contributed by atoms with Gasteiger partial charge in [-0.15, -0.1) is 11.3 Å². The number of thiophene rings is 1. The normalized spacial score (nSPS) is 10.6. The molecule has 138 valence electrons. The number of rotatable bonds is 5. The molecule has 0 bridgehead atoms. The fraction of sp³-hybridized carbons (Fsp3) is 0.0588. The Morgan fingerprint density at radius 1 is 1.15 bits per heavy atom. The molecule has 0 atom stereocenters. The largest absolute Gasteiger partial charge is 0.451 e. The standard InChI is InChI=1S/C17H10F2N2O5S/c18-10-1-3-12(19)13(7-10)20-16(22)8-26-17(23)15-6-9-5-11(21(24)25)2-4-14(9)27-15/h1-7H,8H2,(H,20,22). The van der Waals surface area contributed by atoms with E-state index in [0.717, 1.165) is 29.5 Å². The maximum atomic E-state index is 13.5. The Bertz CT molecular complexity index is 1070. The number of carbonyl (C=O) groups excluding carboxylic acids is 2. The molecule has 0 saturated heterocycles. The maximum Gasteiger partial charge on any atom is 0.348 e. The minimum absolute atomic E-state index is 0.114. The number of halogens is 2. The van der Waals surface area contributed by atoms with Crippen molar-refractivity contribution < 1.29 is 28.0 Å². The summed E-state index contributed by atoms with van der Waals surface area (Å²) in [6.07, 6.45) is 0. The van der Waals surface area contributed by atoms with E-state index in [4.69, 9.17) is 4.74 Å². The van der Waals surface area contributed by atoms with Crippen LogP contribution in [-0.2, 0) is 9.53 Å². The summed E-state index contributed by atoms with van der Waals surface area (Å²) in [4.78, 5) is 34.2. The number of fused-ring (bicyclic) bond motifs is 1. The van der Waals surface area contributed by atoms with Crippen LogP contribution in [0.4, 0.5) is 20.2 Å². The van der Waals surface area contributed by atoms with Gasteiger partial charge in [-0.25, -0.2) is 13.6 Å². The van der Waals surface area contributed by atoms with Crippen molar-refractivity contribution in [1.29, 1.82) is 0 Å². The number of amides is 1. The summed E-state index contributed by atoms with van der Waals surface area (Å²) < 4.78 is 32.0. The third kappa shape index (κ3) is 4.23. The van der Waals surface area contributed by atoms with Crippen molar-refractivity contribution in [2.45, 2.75) is 0 Å². The summed E-state index contributed by atoms with van der Waals surface area (Å²) in [5, 5.41) is 13.4. The topological polar surface area (TPSA) is 98.5 Å². The lowest BCUT2D eigenvalue weighted by Gasteiger charge is -2.07. The fourth-order valence-corrected chi connectivity index (χ4v) is 3.16. The van der Waals surface area contributed by atoms with Gasteiger partial charge in [0.1, 0.15) is 16.5 Å². The number of esters is 1. The van der Waals surface area contributed by atoms with Crippen LogP contribution in [0.3, 0.4) is 0 Å². The molecule has 0 unspecified atom stereocenters. The Labute approximate surface area is 154 Å². The summed E-state index contributed by atoms with van der Waals surface area (Å²) in [5.74, 6) is -3.22. The highest BCUT2D eigenvalue weighted by Gasteiger charge is 2.16. The quantitative estimate of drug-likeness (QED) is 0.404. The van der Waals surface area contributed by atoms with Gasteiger partial charge in [-0.2, -0.15) is 0 Å². The summed E-state index contributed by atoms with van der Waals surface area (Å²) in [6, 6.07) is 8.11. The Balaban J connectivity index is 1.65. The molecule has 1 amide bonds. The smallest absolute Gasteiger partial charge is 0.348 e. The number of hydrogen-bond acceptors (Lipinski definition) is 6. The Morgan fingerprint density at radius 2 is 1.93 bits per heavy atom. The van der Waals surface area contributed by atoms with Gasteiger partial charge < -0.3 is 10.1 Å². The SMILES string of the molecule is O=C(COC(=O)c1cc2cc([N+](=O)[O-])ccc2s1)Nc1cc(F)ccc1F. The average molecular weight is 392 g/mol. The maximum absolute atomic E-state index is 13.5. The molecule has 1 N–H and O–H groups in total. The number of nitro benzene ring substituents is 1. The zero-order chi connectivity index (χ0) is 19.6.